The average molecular weight is 272 g/mol. The van der Waals surface area contributed by atoms with Crippen LogP contribution in [0.3, 0.4) is 0 Å². The van der Waals surface area contributed by atoms with Gasteiger partial charge in [0.1, 0.15) is 0 Å². The largest absolute Gasteiger partial charge is 0.352 e. The second-order valence-corrected chi connectivity index (χ2v) is 6.44. The molecule has 0 heterocycles. The minimum atomic E-state index is -0.559. The molecule has 0 unspecified atom stereocenters. The number of nitrogens with two attached hydrogens (primary N) is 1. The number of carbonyl (C=O) groups is 1. The molecular formula is C17H24N2O. The van der Waals surface area contributed by atoms with E-state index < -0.39 is 5.54 Å². The highest BCUT2D eigenvalue weighted by molar-refractivity contribution is 5.87. The molecular weight excluding hydrogens is 248 g/mol. The monoisotopic (exact) mass is 272 g/mol. The van der Waals surface area contributed by atoms with Crippen LogP contribution >= 0.6 is 0 Å². The Hall–Kier alpha value is -1.35. The fourth-order valence-corrected chi connectivity index (χ4v) is 3.41. The first-order valence-corrected chi connectivity index (χ1v) is 7.82. The predicted molar refractivity (Wildman–Crippen MR) is 80.4 cm³/mol. The lowest BCUT2D eigenvalue weighted by atomic mass is 9.76. The van der Waals surface area contributed by atoms with E-state index in [0.29, 0.717) is 12.0 Å². The van der Waals surface area contributed by atoms with Crippen molar-refractivity contribution in [2.45, 2.75) is 62.4 Å². The van der Waals surface area contributed by atoms with Crippen LogP contribution in [-0.2, 0) is 4.79 Å². The highest BCUT2D eigenvalue weighted by Crippen LogP contribution is 2.34. The number of hydrogen-bond acceptors (Lipinski definition) is 2. The average Bonchev–Trinajstić information content (AvgIpc) is 2.46. The quantitative estimate of drug-likeness (QED) is 0.889. The Labute approximate surface area is 120 Å². The summed E-state index contributed by atoms with van der Waals surface area (Å²) in [5.41, 5.74) is 6.95. The minimum Gasteiger partial charge on any atom is -0.352 e. The molecule has 20 heavy (non-hydrogen) atoms. The molecule has 2 fully saturated rings. The summed E-state index contributed by atoms with van der Waals surface area (Å²) >= 11 is 0. The van der Waals surface area contributed by atoms with Crippen LogP contribution in [0.4, 0.5) is 0 Å². The van der Waals surface area contributed by atoms with Crippen LogP contribution in [0.25, 0.3) is 0 Å². The van der Waals surface area contributed by atoms with Crippen molar-refractivity contribution in [2.75, 3.05) is 0 Å². The van der Waals surface area contributed by atoms with Gasteiger partial charge in [0.05, 0.1) is 5.54 Å². The van der Waals surface area contributed by atoms with E-state index in [1.807, 2.05) is 0 Å². The van der Waals surface area contributed by atoms with Crippen molar-refractivity contribution >= 4 is 5.91 Å². The second-order valence-electron chi connectivity index (χ2n) is 6.44. The molecule has 2 saturated carbocycles. The molecule has 1 aromatic carbocycles. The number of carbonyl (C=O) groups excluding carboxylic acids is 1. The fourth-order valence-electron chi connectivity index (χ4n) is 3.41. The summed E-state index contributed by atoms with van der Waals surface area (Å²) in [6.45, 7) is 0. The maximum absolute atomic E-state index is 12.1. The molecule has 0 spiro atoms. The van der Waals surface area contributed by atoms with Crippen LogP contribution in [0.5, 0.6) is 0 Å². The fraction of sp³-hybridized carbons (Fsp3) is 0.588. The van der Waals surface area contributed by atoms with Crippen LogP contribution in [0.15, 0.2) is 30.3 Å². The zero-order valence-corrected chi connectivity index (χ0v) is 12.0. The third-order valence-electron chi connectivity index (χ3n) is 5.03. The number of benzene rings is 1. The molecule has 2 aliphatic carbocycles. The zero-order valence-electron chi connectivity index (χ0n) is 12.0. The Morgan fingerprint density at radius 2 is 1.75 bits per heavy atom. The van der Waals surface area contributed by atoms with Crippen molar-refractivity contribution < 1.29 is 4.79 Å². The molecule has 0 saturated heterocycles. The van der Waals surface area contributed by atoms with E-state index in [1.54, 1.807) is 0 Å². The summed E-state index contributed by atoms with van der Waals surface area (Å²) in [5, 5.41) is 3.17. The number of amides is 1. The van der Waals surface area contributed by atoms with Crippen molar-refractivity contribution in [2.24, 2.45) is 5.73 Å². The van der Waals surface area contributed by atoms with Crippen LogP contribution in [-0.4, -0.2) is 17.5 Å². The summed E-state index contributed by atoms with van der Waals surface area (Å²) in [7, 11) is 0. The number of rotatable bonds is 3. The van der Waals surface area contributed by atoms with Gasteiger partial charge in [0.15, 0.2) is 0 Å². The minimum absolute atomic E-state index is 0.0758. The SMILES string of the molecule is NC1(C(=O)NC2CCC(c3ccccc3)CC2)CCC1. The number of nitrogens with one attached hydrogen (secondary N) is 1. The van der Waals surface area contributed by atoms with Gasteiger partial charge in [-0.2, -0.15) is 0 Å². The first kappa shape index (κ1) is 13.6. The van der Waals surface area contributed by atoms with Crippen LogP contribution in [0.1, 0.15) is 56.4 Å². The lowest BCUT2D eigenvalue weighted by molar-refractivity contribution is -0.130. The molecule has 0 radical (unpaired) electrons. The normalized spacial score (nSPS) is 28.4. The Balaban J connectivity index is 1.50. The van der Waals surface area contributed by atoms with E-state index >= 15 is 0 Å². The van der Waals surface area contributed by atoms with Gasteiger partial charge in [-0.05, 0) is 56.4 Å². The third-order valence-corrected chi connectivity index (χ3v) is 5.03. The summed E-state index contributed by atoms with van der Waals surface area (Å²) in [5.74, 6) is 0.729. The molecule has 1 aromatic rings. The Kier molecular flexibility index (Phi) is 3.79. The van der Waals surface area contributed by atoms with Gasteiger partial charge in [0.25, 0.3) is 0 Å². The molecule has 3 N–H and O–H groups in total. The smallest absolute Gasteiger partial charge is 0.240 e. The van der Waals surface area contributed by atoms with E-state index in [2.05, 4.69) is 35.6 Å². The van der Waals surface area contributed by atoms with Gasteiger partial charge in [-0.3, -0.25) is 4.79 Å². The molecule has 0 aromatic heterocycles. The zero-order chi connectivity index (χ0) is 14.0. The van der Waals surface area contributed by atoms with Gasteiger partial charge >= 0.3 is 0 Å². The highest BCUT2D eigenvalue weighted by Gasteiger charge is 2.41. The molecule has 3 heteroatoms. The molecule has 3 rings (SSSR count). The van der Waals surface area contributed by atoms with Gasteiger partial charge in [0, 0.05) is 6.04 Å². The summed E-state index contributed by atoms with van der Waals surface area (Å²) < 4.78 is 0. The molecule has 0 atom stereocenters. The molecule has 2 aliphatic rings. The van der Waals surface area contributed by atoms with Gasteiger partial charge < -0.3 is 11.1 Å². The van der Waals surface area contributed by atoms with E-state index in [1.165, 1.54) is 5.56 Å². The van der Waals surface area contributed by atoms with E-state index in [9.17, 15) is 4.79 Å². The number of hydrogen-bond donors (Lipinski definition) is 2. The standard InChI is InChI=1S/C17H24N2O/c18-17(11-4-12-17)16(20)19-15-9-7-14(8-10-15)13-5-2-1-3-6-13/h1-3,5-6,14-15H,4,7-12,18H2,(H,19,20). The first-order valence-electron chi connectivity index (χ1n) is 7.82. The van der Waals surface area contributed by atoms with Gasteiger partial charge in [-0.15, -0.1) is 0 Å². The second kappa shape index (κ2) is 5.57. The molecule has 3 nitrogen and oxygen atoms in total. The highest BCUT2D eigenvalue weighted by atomic mass is 16.2. The lowest BCUT2D eigenvalue weighted by Crippen LogP contribution is -2.60. The van der Waals surface area contributed by atoms with E-state index in [0.717, 1.165) is 44.9 Å². The van der Waals surface area contributed by atoms with Crippen molar-refractivity contribution in [1.29, 1.82) is 0 Å². The topological polar surface area (TPSA) is 55.1 Å². The van der Waals surface area contributed by atoms with Crippen molar-refractivity contribution in [3.05, 3.63) is 35.9 Å². The lowest BCUT2D eigenvalue weighted by Gasteiger charge is -2.38. The van der Waals surface area contributed by atoms with Crippen molar-refractivity contribution in [1.82, 2.24) is 5.32 Å². The molecule has 1 amide bonds. The van der Waals surface area contributed by atoms with Gasteiger partial charge in [-0.25, -0.2) is 0 Å². The third kappa shape index (κ3) is 2.73. The van der Waals surface area contributed by atoms with Crippen LogP contribution in [0.2, 0.25) is 0 Å². The van der Waals surface area contributed by atoms with Crippen LogP contribution < -0.4 is 11.1 Å². The Morgan fingerprint density at radius 3 is 2.30 bits per heavy atom. The van der Waals surface area contributed by atoms with Gasteiger partial charge in [0.2, 0.25) is 5.91 Å². The molecule has 0 aliphatic heterocycles. The molecule has 0 bridgehead atoms. The Bertz CT molecular complexity index is 459. The molecule has 108 valence electrons. The van der Waals surface area contributed by atoms with E-state index in [-0.39, 0.29) is 5.91 Å². The predicted octanol–water partition coefficient (Wildman–Crippen LogP) is 2.71. The van der Waals surface area contributed by atoms with Crippen molar-refractivity contribution in [3.63, 3.8) is 0 Å². The van der Waals surface area contributed by atoms with E-state index in [4.69, 9.17) is 5.73 Å². The summed E-state index contributed by atoms with van der Waals surface area (Å²) in [6.07, 6.45) is 7.24. The summed E-state index contributed by atoms with van der Waals surface area (Å²) in [4.78, 5) is 12.1. The van der Waals surface area contributed by atoms with Crippen molar-refractivity contribution in [3.8, 4) is 0 Å². The maximum Gasteiger partial charge on any atom is 0.240 e. The maximum atomic E-state index is 12.1. The Morgan fingerprint density at radius 1 is 1.10 bits per heavy atom. The van der Waals surface area contributed by atoms with Gasteiger partial charge in [-0.1, -0.05) is 30.3 Å². The summed E-state index contributed by atoms with van der Waals surface area (Å²) in [6, 6.07) is 11.0. The first-order chi connectivity index (χ1) is 9.67. The van der Waals surface area contributed by atoms with Crippen LogP contribution in [0, 0.1) is 0 Å².